The minimum absolute atomic E-state index is 0.0884. The van der Waals surface area contributed by atoms with Crippen molar-refractivity contribution in [3.05, 3.63) is 23.3 Å². The van der Waals surface area contributed by atoms with E-state index >= 15 is 0 Å². The number of benzene rings is 1. The summed E-state index contributed by atoms with van der Waals surface area (Å²) in [7, 11) is 0. The highest BCUT2D eigenvalue weighted by atomic mass is 16.1. The molecule has 0 radical (unpaired) electrons. The van der Waals surface area contributed by atoms with E-state index in [-0.39, 0.29) is 11.2 Å². The van der Waals surface area contributed by atoms with Gasteiger partial charge in [0.25, 0.3) is 0 Å². The third-order valence-corrected chi connectivity index (χ3v) is 4.25. The molecule has 2 aliphatic rings. The fourth-order valence-corrected chi connectivity index (χ4v) is 3.04. The van der Waals surface area contributed by atoms with E-state index in [1.165, 1.54) is 6.42 Å². The fourth-order valence-electron chi connectivity index (χ4n) is 3.04. The summed E-state index contributed by atoms with van der Waals surface area (Å²) in [5, 5.41) is 0. The molecule has 2 aliphatic carbocycles. The van der Waals surface area contributed by atoms with Crippen LogP contribution in [0.25, 0.3) is 0 Å². The molecule has 1 aromatic carbocycles. The van der Waals surface area contributed by atoms with Gasteiger partial charge in [-0.15, -0.1) is 0 Å². The molecule has 0 saturated heterocycles. The minimum Gasteiger partial charge on any atom is -0.398 e. The number of anilines is 2. The third kappa shape index (κ3) is 1.06. The summed E-state index contributed by atoms with van der Waals surface area (Å²) in [6, 6.07) is 3.56. The number of hydrogen-bond donors (Lipinski definition) is 2. The number of ketones is 1. The number of rotatable bonds is 0. The van der Waals surface area contributed by atoms with Crippen molar-refractivity contribution in [2.45, 2.75) is 32.1 Å². The Morgan fingerprint density at radius 2 is 1.75 bits per heavy atom. The maximum absolute atomic E-state index is 12.5. The first-order valence-corrected chi connectivity index (χ1v) is 5.86. The van der Waals surface area contributed by atoms with Crippen LogP contribution in [0.1, 0.15) is 41.6 Å². The van der Waals surface area contributed by atoms with Crippen molar-refractivity contribution in [1.82, 2.24) is 0 Å². The average Bonchev–Trinajstić information content (AvgIpc) is 2.21. The van der Waals surface area contributed by atoms with Crippen LogP contribution in [0.5, 0.6) is 0 Å². The molecule has 0 aromatic heterocycles. The van der Waals surface area contributed by atoms with Gasteiger partial charge in [-0.05, 0) is 43.4 Å². The van der Waals surface area contributed by atoms with Gasteiger partial charge in [-0.25, -0.2) is 0 Å². The molecule has 0 amide bonds. The molecule has 16 heavy (non-hydrogen) atoms. The van der Waals surface area contributed by atoms with Crippen molar-refractivity contribution < 1.29 is 4.79 Å². The second kappa shape index (κ2) is 3.00. The Morgan fingerprint density at radius 3 is 2.38 bits per heavy atom. The summed E-state index contributed by atoms with van der Waals surface area (Å²) in [6.07, 6.45) is 5.08. The van der Waals surface area contributed by atoms with Crippen LogP contribution in [-0.2, 0) is 6.42 Å². The summed E-state index contributed by atoms with van der Waals surface area (Å²) >= 11 is 0. The maximum atomic E-state index is 12.5. The molecular formula is C13H16N2O. The Morgan fingerprint density at radius 1 is 1.06 bits per heavy atom. The van der Waals surface area contributed by atoms with Crippen LogP contribution < -0.4 is 11.5 Å². The number of fused-ring (bicyclic) bond motifs is 1. The highest BCUT2D eigenvalue weighted by Crippen LogP contribution is 2.51. The third-order valence-electron chi connectivity index (χ3n) is 4.25. The number of hydrogen-bond acceptors (Lipinski definition) is 3. The molecular weight excluding hydrogens is 200 g/mol. The van der Waals surface area contributed by atoms with Crippen molar-refractivity contribution in [2.24, 2.45) is 5.41 Å². The van der Waals surface area contributed by atoms with Gasteiger partial charge in [-0.3, -0.25) is 4.79 Å². The zero-order chi connectivity index (χ0) is 11.3. The van der Waals surface area contributed by atoms with Gasteiger partial charge >= 0.3 is 0 Å². The van der Waals surface area contributed by atoms with Crippen molar-refractivity contribution in [3.63, 3.8) is 0 Å². The zero-order valence-electron chi connectivity index (χ0n) is 9.25. The average molecular weight is 216 g/mol. The van der Waals surface area contributed by atoms with Crippen LogP contribution in [0.2, 0.25) is 0 Å². The van der Waals surface area contributed by atoms with Gasteiger partial charge in [0.15, 0.2) is 5.78 Å². The molecule has 3 nitrogen and oxygen atoms in total. The predicted molar refractivity (Wildman–Crippen MR) is 64.2 cm³/mol. The van der Waals surface area contributed by atoms with Crippen LogP contribution >= 0.6 is 0 Å². The molecule has 84 valence electrons. The Kier molecular flexibility index (Phi) is 1.82. The molecule has 0 heterocycles. The highest BCUT2D eigenvalue weighted by molar-refractivity contribution is 6.08. The molecule has 0 aliphatic heterocycles. The van der Waals surface area contributed by atoms with Gasteiger partial charge in [-0.1, -0.05) is 6.42 Å². The van der Waals surface area contributed by atoms with Crippen molar-refractivity contribution in [2.75, 3.05) is 11.5 Å². The Bertz CT molecular complexity index is 475. The van der Waals surface area contributed by atoms with E-state index in [9.17, 15) is 4.79 Å². The summed E-state index contributed by atoms with van der Waals surface area (Å²) in [6.45, 7) is 0. The Balaban J connectivity index is 2.16. The second-order valence-corrected chi connectivity index (χ2v) is 5.06. The van der Waals surface area contributed by atoms with Gasteiger partial charge in [-0.2, -0.15) is 0 Å². The van der Waals surface area contributed by atoms with Gasteiger partial charge in [0, 0.05) is 22.4 Å². The smallest absolute Gasteiger partial charge is 0.171 e. The van der Waals surface area contributed by atoms with E-state index < -0.39 is 0 Å². The SMILES string of the molecule is Nc1ccc(N)c2c1CCC1(CCC1)C2=O. The normalized spacial score (nSPS) is 21.6. The number of nitrogen functional groups attached to an aromatic ring is 2. The van der Waals surface area contributed by atoms with Crippen molar-refractivity contribution >= 4 is 17.2 Å². The first-order valence-electron chi connectivity index (χ1n) is 5.86. The Labute approximate surface area is 94.8 Å². The van der Waals surface area contributed by atoms with E-state index in [0.717, 1.165) is 31.2 Å². The van der Waals surface area contributed by atoms with E-state index in [2.05, 4.69) is 0 Å². The predicted octanol–water partition coefficient (Wildman–Crippen LogP) is 2.15. The largest absolute Gasteiger partial charge is 0.398 e. The fraction of sp³-hybridized carbons (Fsp3) is 0.462. The van der Waals surface area contributed by atoms with Crippen LogP contribution in [0.3, 0.4) is 0 Å². The lowest BCUT2D eigenvalue weighted by molar-refractivity contribution is 0.0557. The zero-order valence-corrected chi connectivity index (χ0v) is 9.25. The lowest BCUT2D eigenvalue weighted by Crippen LogP contribution is -2.42. The van der Waals surface area contributed by atoms with E-state index in [1.807, 2.05) is 0 Å². The van der Waals surface area contributed by atoms with Gasteiger partial charge in [0.2, 0.25) is 0 Å². The van der Waals surface area contributed by atoms with E-state index in [4.69, 9.17) is 11.5 Å². The second-order valence-electron chi connectivity index (χ2n) is 5.06. The lowest BCUT2D eigenvalue weighted by Gasteiger charge is -2.44. The standard InChI is InChI=1S/C13H16N2O/c14-9-2-3-10(15)11-8(9)4-7-13(12(11)16)5-1-6-13/h2-3H,1,4-7,14-15H2. The van der Waals surface area contributed by atoms with Gasteiger partial charge in [0.05, 0.1) is 0 Å². The monoisotopic (exact) mass is 216 g/mol. The topological polar surface area (TPSA) is 69.1 Å². The van der Waals surface area contributed by atoms with Gasteiger partial charge in [0.1, 0.15) is 0 Å². The van der Waals surface area contributed by atoms with Crippen LogP contribution in [0, 0.1) is 5.41 Å². The summed E-state index contributed by atoms with van der Waals surface area (Å²) in [5.41, 5.74) is 14.7. The summed E-state index contributed by atoms with van der Waals surface area (Å²) < 4.78 is 0. The lowest BCUT2D eigenvalue weighted by atomic mass is 9.58. The molecule has 3 rings (SSSR count). The van der Waals surface area contributed by atoms with Crippen LogP contribution in [0.4, 0.5) is 11.4 Å². The summed E-state index contributed by atoms with van der Waals surface area (Å²) in [5.74, 6) is 0.241. The molecule has 4 N–H and O–H groups in total. The Hall–Kier alpha value is -1.51. The molecule has 0 unspecified atom stereocenters. The first kappa shape index (κ1) is 9.70. The molecule has 1 saturated carbocycles. The van der Waals surface area contributed by atoms with Crippen molar-refractivity contribution in [3.8, 4) is 0 Å². The van der Waals surface area contributed by atoms with Crippen LogP contribution in [-0.4, -0.2) is 5.78 Å². The number of nitrogens with two attached hydrogens (primary N) is 2. The minimum atomic E-state index is -0.0884. The molecule has 0 atom stereocenters. The van der Waals surface area contributed by atoms with Crippen LogP contribution in [0.15, 0.2) is 12.1 Å². The highest BCUT2D eigenvalue weighted by Gasteiger charge is 2.47. The molecule has 1 aromatic rings. The van der Waals surface area contributed by atoms with E-state index in [0.29, 0.717) is 16.9 Å². The molecule has 0 bridgehead atoms. The first-order chi connectivity index (χ1) is 7.64. The number of carbonyl (C=O) groups is 1. The molecule has 1 fully saturated rings. The maximum Gasteiger partial charge on any atom is 0.171 e. The van der Waals surface area contributed by atoms with E-state index in [1.54, 1.807) is 12.1 Å². The quantitative estimate of drug-likeness (QED) is 0.653. The van der Waals surface area contributed by atoms with Gasteiger partial charge < -0.3 is 11.5 Å². The summed E-state index contributed by atoms with van der Waals surface area (Å²) in [4.78, 5) is 12.5. The molecule has 3 heteroatoms. The molecule has 1 spiro atoms. The number of carbonyl (C=O) groups excluding carboxylic acids is 1. The number of Topliss-reactive ketones (excluding diaryl/α,β-unsaturated/α-hetero) is 1. The van der Waals surface area contributed by atoms with Crippen molar-refractivity contribution in [1.29, 1.82) is 0 Å².